The topological polar surface area (TPSA) is 51.5 Å². The van der Waals surface area contributed by atoms with Crippen LogP contribution >= 0.6 is 11.6 Å². The van der Waals surface area contributed by atoms with E-state index in [0.29, 0.717) is 29.1 Å². The van der Waals surface area contributed by atoms with E-state index in [9.17, 15) is 18.0 Å². The fraction of sp³-hybridized carbons (Fsp3) is 0.261. The van der Waals surface area contributed by atoms with Crippen LogP contribution in [0.3, 0.4) is 0 Å². The Morgan fingerprint density at radius 3 is 2.61 bits per heavy atom. The third kappa shape index (κ3) is 4.71. The van der Waals surface area contributed by atoms with E-state index in [2.05, 4.69) is 5.32 Å². The number of rotatable bonds is 5. The summed E-state index contributed by atoms with van der Waals surface area (Å²) in [6.07, 6.45) is -1.59. The second kappa shape index (κ2) is 8.67. The predicted octanol–water partition coefficient (Wildman–Crippen LogP) is 7.16. The van der Waals surface area contributed by atoms with Crippen molar-refractivity contribution >= 4 is 39.7 Å². The van der Waals surface area contributed by atoms with E-state index < -0.39 is 17.6 Å². The number of carbonyl (C=O) groups excluding carboxylic acids is 1. The van der Waals surface area contributed by atoms with Gasteiger partial charge in [-0.25, -0.2) is 0 Å². The molecule has 0 aliphatic carbocycles. The van der Waals surface area contributed by atoms with Crippen LogP contribution in [0.5, 0.6) is 5.75 Å². The number of furan rings is 1. The number of allylic oxidation sites excluding steroid dienone is 1. The zero-order chi connectivity index (χ0) is 22.9. The van der Waals surface area contributed by atoms with Crippen LogP contribution in [0.2, 0.25) is 5.02 Å². The molecule has 31 heavy (non-hydrogen) atoms. The van der Waals surface area contributed by atoms with E-state index in [4.69, 9.17) is 20.8 Å². The number of aryl methyl sites for hydroxylation is 2. The van der Waals surface area contributed by atoms with Crippen LogP contribution in [0.1, 0.15) is 36.1 Å². The van der Waals surface area contributed by atoms with Gasteiger partial charge >= 0.3 is 6.18 Å². The quantitative estimate of drug-likeness (QED) is 0.418. The fourth-order valence-corrected chi connectivity index (χ4v) is 3.47. The average molecular weight is 452 g/mol. The standard InChI is InChI=1S/C23H21ClF3NO3/c1-5-30-21-14(4)22-17(13(3)11-31-22)10-16(21)12(2)8-20(29)28-19-9-15(23(25,26)27)6-7-18(19)24/h6-11H,5H2,1-4H3,(H,28,29)/b12-8+. The van der Waals surface area contributed by atoms with Crippen LogP contribution in [-0.4, -0.2) is 12.5 Å². The molecule has 3 aromatic rings. The van der Waals surface area contributed by atoms with Crippen LogP contribution in [-0.2, 0) is 11.0 Å². The maximum Gasteiger partial charge on any atom is 0.416 e. The molecule has 4 nitrogen and oxygen atoms in total. The summed E-state index contributed by atoms with van der Waals surface area (Å²) < 4.78 is 50.3. The van der Waals surface area contributed by atoms with E-state index in [0.717, 1.165) is 34.7 Å². The van der Waals surface area contributed by atoms with Crippen molar-refractivity contribution in [1.29, 1.82) is 0 Å². The van der Waals surface area contributed by atoms with Crippen molar-refractivity contribution in [3.05, 3.63) is 63.9 Å². The number of nitrogens with one attached hydrogen (secondary N) is 1. The molecule has 0 saturated heterocycles. The first-order valence-electron chi connectivity index (χ1n) is 9.53. The minimum atomic E-state index is -4.54. The number of hydrogen-bond donors (Lipinski definition) is 1. The van der Waals surface area contributed by atoms with Crippen LogP contribution in [0, 0.1) is 13.8 Å². The van der Waals surface area contributed by atoms with Crippen molar-refractivity contribution in [1.82, 2.24) is 0 Å². The summed E-state index contributed by atoms with van der Waals surface area (Å²) in [7, 11) is 0. The lowest BCUT2D eigenvalue weighted by Crippen LogP contribution is -2.11. The van der Waals surface area contributed by atoms with E-state index in [-0.39, 0.29) is 10.7 Å². The van der Waals surface area contributed by atoms with Gasteiger partial charge in [0, 0.05) is 22.6 Å². The SMILES string of the molecule is CCOc1c(/C(C)=C/C(=O)Nc2cc(C(F)(F)F)ccc2Cl)cc2c(C)coc2c1C. The summed E-state index contributed by atoms with van der Waals surface area (Å²) in [5.41, 5.74) is 2.71. The molecule has 0 spiro atoms. The number of benzene rings is 2. The van der Waals surface area contributed by atoms with Gasteiger partial charge in [-0.05, 0) is 63.1 Å². The second-order valence-corrected chi connectivity index (χ2v) is 7.52. The number of alkyl halides is 3. The minimum absolute atomic E-state index is 0.00805. The van der Waals surface area contributed by atoms with E-state index in [1.807, 2.05) is 26.8 Å². The Kier molecular flexibility index (Phi) is 6.36. The second-order valence-electron chi connectivity index (χ2n) is 7.12. The van der Waals surface area contributed by atoms with Crippen molar-refractivity contribution in [2.75, 3.05) is 11.9 Å². The number of carbonyl (C=O) groups is 1. The highest BCUT2D eigenvalue weighted by atomic mass is 35.5. The average Bonchev–Trinajstić information content (AvgIpc) is 3.05. The van der Waals surface area contributed by atoms with E-state index in [1.165, 1.54) is 6.08 Å². The third-order valence-electron chi connectivity index (χ3n) is 4.85. The first-order valence-corrected chi connectivity index (χ1v) is 9.91. The van der Waals surface area contributed by atoms with Crippen LogP contribution in [0.4, 0.5) is 18.9 Å². The lowest BCUT2D eigenvalue weighted by molar-refractivity contribution is -0.137. The molecule has 1 N–H and O–H groups in total. The first-order chi connectivity index (χ1) is 14.5. The molecule has 0 saturated carbocycles. The number of hydrogen-bond acceptors (Lipinski definition) is 3. The minimum Gasteiger partial charge on any atom is -0.493 e. The molecular weight excluding hydrogens is 431 g/mol. The molecular formula is C23H21ClF3NO3. The maximum atomic E-state index is 13.0. The highest BCUT2D eigenvalue weighted by Crippen LogP contribution is 2.38. The van der Waals surface area contributed by atoms with Crippen molar-refractivity contribution in [2.45, 2.75) is 33.9 Å². The summed E-state index contributed by atoms with van der Waals surface area (Å²) in [6.45, 7) is 7.78. The Balaban J connectivity index is 1.98. The van der Waals surface area contributed by atoms with Gasteiger partial charge in [0.2, 0.25) is 5.91 Å². The number of anilines is 1. The summed E-state index contributed by atoms with van der Waals surface area (Å²) in [6, 6.07) is 4.64. The first kappa shape index (κ1) is 22.7. The largest absolute Gasteiger partial charge is 0.493 e. The fourth-order valence-electron chi connectivity index (χ4n) is 3.30. The van der Waals surface area contributed by atoms with Crippen molar-refractivity contribution in [3.63, 3.8) is 0 Å². The zero-order valence-corrected chi connectivity index (χ0v) is 18.2. The van der Waals surface area contributed by atoms with E-state index in [1.54, 1.807) is 13.2 Å². The Hall–Kier alpha value is -2.93. The van der Waals surface area contributed by atoms with Crippen molar-refractivity contribution < 1.29 is 27.1 Å². The van der Waals surface area contributed by atoms with Gasteiger partial charge in [-0.1, -0.05) is 11.6 Å². The summed E-state index contributed by atoms with van der Waals surface area (Å²) in [5, 5.41) is 3.33. The monoisotopic (exact) mass is 451 g/mol. The summed E-state index contributed by atoms with van der Waals surface area (Å²) in [5.74, 6) is -0.0224. The van der Waals surface area contributed by atoms with Crippen LogP contribution in [0.25, 0.3) is 16.5 Å². The molecule has 1 amide bonds. The smallest absolute Gasteiger partial charge is 0.416 e. The molecule has 0 aliphatic heterocycles. The number of ether oxygens (including phenoxy) is 1. The molecule has 3 rings (SSSR count). The molecule has 0 aliphatic rings. The molecule has 0 bridgehead atoms. The lowest BCUT2D eigenvalue weighted by Gasteiger charge is -2.15. The molecule has 2 aromatic carbocycles. The lowest BCUT2D eigenvalue weighted by atomic mass is 9.98. The Morgan fingerprint density at radius 2 is 1.97 bits per heavy atom. The van der Waals surface area contributed by atoms with Gasteiger partial charge in [-0.15, -0.1) is 0 Å². The zero-order valence-electron chi connectivity index (χ0n) is 17.4. The molecule has 164 valence electrons. The highest BCUT2D eigenvalue weighted by molar-refractivity contribution is 6.33. The number of halogens is 4. The number of amides is 1. The molecule has 0 unspecified atom stereocenters. The van der Waals surface area contributed by atoms with E-state index >= 15 is 0 Å². The van der Waals surface area contributed by atoms with Gasteiger partial charge in [0.1, 0.15) is 11.3 Å². The molecule has 1 heterocycles. The van der Waals surface area contributed by atoms with Gasteiger partial charge in [-0.2, -0.15) is 13.2 Å². The predicted molar refractivity (Wildman–Crippen MR) is 116 cm³/mol. The molecule has 1 aromatic heterocycles. The van der Waals surface area contributed by atoms with Gasteiger partial charge in [-0.3, -0.25) is 4.79 Å². The summed E-state index contributed by atoms with van der Waals surface area (Å²) in [4.78, 5) is 12.6. The van der Waals surface area contributed by atoms with Crippen molar-refractivity contribution in [2.24, 2.45) is 0 Å². The Labute approximate surface area is 182 Å². The molecule has 0 fully saturated rings. The molecule has 0 atom stereocenters. The van der Waals surface area contributed by atoms with Crippen LogP contribution in [0.15, 0.2) is 41.0 Å². The van der Waals surface area contributed by atoms with Gasteiger partial charge in [0.25, 0.3) is 0 Å². The maximum absolute atomic E-state index is 13.0. The van der Waals surface area contributed by atoms with Crippen molar-refractivity contribution in [3.8, 4) is 5.75 Å². The Bertz CT molecular complexity index is 1180. The van der Waals surface area contributed by atoms with Gasteiger partial charge in [0.05, 0.1) is 29.1 Å². The molecule has 8 heteroatoms. The van der Waals surface area contributed by atoms with Crippen LogP contribution < -0.4 is 10.1 Å². The Morgan fingerprint density at radius 1 is 1.26 bits per heavy atom. The van der Waals surface area contributed by atoms with Gasteiger partial charge in [0.15, 0.2) is 0 Å². The molecule has 0 radical (unpaired) electrons. The normalized spacial score (nSPS) is 12.3. The van der Waals surface area contributed by atoms with Gasteiger partial charge < -0.3 is 14.5 Å². The summed E-state index contributed by atoms with van der Waals surface area (Å²) >= 11 is 5.97. The third-order valence-corrected chi connectivity index (χ3v) is 5.18. The highest BCUT2D eigenvalue weighted by Gasteiger charge is 2.31. The number of fused-ring (bicyclic) bond motifs is 1.